The fourth-order valence-electron chi connectivity index (χ4n) is 1.99. The summed E-state index contributed by atoms with van der Waals surface area (Å²) in [7, 11) is 0. The third-order valence-corrected chi connectivity index (χ3v) is 2.78. The molecule has 1 atom stereocenters. The third kappa shape index (κ3) is 2.75. The molecule has 2 aromatic rings. The Hall–Kier alpha value is -2.03. The highest BCUT2D eigenvalue weighted by atomic mass is 16.4. The Morgan fingerprint density at radius 2 is 2.00 bits per heavy atom. The molecule has 0 spiro atoms. The van der Waals surface area contributed by atoms with E-state index >= 15 is 0 Å². The molecule has 1 aromatic carbocycles. The van der Waals surface area contributed by atoms with E-state index in [1.165, 1.54) is 0 Å². The van der Waals surface area contributed by atoms with Crippen LogP contribution in [0.2, 0.25) is 0 Å². The maximum absolute atomic E-state index is 10.9. The molecular weight excluding hydrogens is 214 g/mol. The summed E-state index contributed by atoms with van der Waals surface area (Å²) in [6.07, 6.45) is 3.89. The van der Waals surface area contributed by atoms with Crippen LogP contribution in [0.15, 0.2) is 48.8 Å². The summed E-state index contributed by atoms with van der Waals surface area (Å²) in [6.45, 7) is 2.01. The Balaban J connectivity index is 2.36. The Labute approximate surface area is 100 Å². The normalized spacial score (nSPS) is 12.3. The van der Waals surface area contributed by atoms with E-state index in [9.17, 15) is 4.79 Å². The Morgan fingerprint density at radius 3 is 2.59 bits per heavy atom. The van der Waals surface area contributed by atoms with E-state index in [2.05, 4.69) is 0 Å². The van der Waals surface area contributed by atoms with Crippen LogP contribution < -0.4 is 0 Å². The molecule has 88 valence electrons. The Kier molecular flexibility index (Phi) is 3.28. The van der Waals surface area contributed by atoms with E-state index in [0.717, 1.165) is 11.1 Å². The van der Waals surface area contributed by atoms with Crippen molar-refractivity contribution in [3.63, 3.8) is 0 Å². The van der Waals surface area contributed by atoms with E-state index in [1.54, 1.807) is 0 Å². The van der Waals surface area contributed by atoms with Gasteiger partial charge in [-0.3, -0.25) is 4.79 Å². The van der Waals surface area contributed by atoms with Gasteiger partial charge in [-0.25, -0.2) is 0 Å². The van der Waals surface area contributed by atoms with E-state index in [0.29, 0.717) is 0 Å². The first-order valence-corrected chi connectivity index (χ1v) is 5.57. The molecule has 1 aromatic heterocycles. The number of carboxylic acid groups (broad SMARTS) is 1. The van der Waals surface area contributed by atoms with Crippen LogP contribution >= 0.6 is 0 Å². The second-order valence-corrected chi connectivity index (χ2v) is 4.16. The first-order chi connectivity index (χ1) is 8.16. The van der Waals surface area contributed by atoms with Gasteiger partial charge < -0.3 is 9.67 Å². The zero-order chi connectivity index (χ0) is 12.3. The number of nitrogens with zero attached hydrogens (tertiary/aromatic N) is 1. The Bertz CT molecular complexity index is 503. The van der Waals surface area contributed by atoms with Crippen molar-refractivity contribution in [3.8, 4) is 0 Å². The van der Waals surface area contributed by atoms with Crippen LogP contribution in [0.1, 0.15) is 23.6 Å². The van der Waals surface area contributed by atoms with Gasteiger partial charge in [-0.2, -0.15) is 0 Å². The molecular formula is C14H15NO2. The summed E-state index contributed by atoms with van der Waals surface area (Å²) in [5.41, 5.74) is 2.17. The molecule has 3 heteroatoms. The fourth-order valence-corrected chi connectivity index (χ4v) is 1.99. The highest BCUT2D eigenvalue weighted by Gasteiger charge is 2.16. The van der Waals surface area contributed by atoms with Crippen molar-refractivity contribution in [2.24, 2.45) is 0 Å². The summed E-state index contributed by atoms with van der Waals surface area (Å²) in [5, 5.41) is 9.00. The number of aliphatic carboxylic acids is 1. The monoisotopic (exact) mass is 229 g/mol. The average molecular weight is 229 g/mol. The van der Waals surface area contributed by atoms with Crippen molar-refractivity contribution in [2.75, 3.05) is 0 Å². The number of aryl methyl sites for hydroxylation is 1. The molecule has 0 aliphatic carbocycles. The lowest BCUT2D eigenvalue weighted by molar-refractivity contribution is -0.137. The fraction of sp³-hybridized carbons (Fsp3) is 0.214. The van der Waals surface area contributed by atoms with Crippen molar-refractivity contribution in [3.05, 3.63) is 59.9 Å². The maximum atomic E-state index is 10.9. The van der Waals surface area contributed by atoms with Crippen LogP contribution in [-0.4, -0.2) is 15.6 Å². The zero-order valence-corrected chi connectivity index (χ0v) is 9.71. The first kappa shape index (κ1) is 11.5. The molecule has 0 saturated heterocycles. The second kappa shape index (κ2) is 4.87. The van der Waals surface area contributed by atoms with Crippen LogP contribution in [0.3, 0.4) is 0 Å². The minimum Gasteiger partial charge on any atom is -0.481 e. The average Bonchev–Trinajstić information content (AvgIpc) is 2.79. The molecule has 0 unspecified atom stereocenters. The summed E-state index contributed by atoms with van der Waals surface area (Å²) >= 11 is 0. The highest BCUT2D eigenvalue weighted by Crippen LogP contribution is 2.23. The van der Waals surface area contributed by atoms with Gasteiger partial charge in [-0.05, 0) is 24.6 Å². The molecule has 0 fully saturated rings. The number of aromatic nitrogens is 1. The van der Waals surface area contributed by atoms with Gasteiger partial charge in [0.15, 0.2) is 0 Å². The third-order valence-electron chi connectivity index (χ3n) is 2.78. The second-order valence-electron chi connectivity index (χ2n) is 4.16. The molecule has 0 radical (unpaired) electrons. The van der Waals surface area contributed by atoms with E-state index in [1.807, 2.05) is 60.3 Å². The molecule has 0 amide bonds. The molecule has 0 saturated carbocycles. The minimum atomic E-state index is -0.787. The molecule has 2 rings (SSSR count). The predicted molar refractivity (Wildman–Crippen MR) is 66.0 cm³/mol. The van der Waals surface area contributed by atoms with Crippen molar-refractivity contribution in [2.45, 2.75) is 19.4 Å². The van der Waals surface area contributed by atoms with E-state index < -0.39 is 5.97 Å². The van der Waals surface area contributed by atoms with Crippen molar-refractivity contribution in [1.29, 1.82) is 0 Å². The van der Waals surface area contributed by atoms with Crippen molar-refractivity contribution < 1.29 is 9.90 Å². The number of rotatable bonds is 4. The molecule has 17 heavy (non-hydrogen) atoms. The van der Waals surface area contributed by atoms with Crippen LogP contribution in [0.5, 0.6) is 0 Å². The summed E-state index contributed by atoms with van der Waals surface area (Å²) < 4.78 is 1.93. The van der Waals surface area contributed by atoms with Gasteiger partial charge in [0, 0.05) is 12.4 Å². The first-order valence-electron chi connectivity index (χ1n) is 5.57. The molecule has 1 N–H and O–H groups in total. The van der Waals surface area contributed by atoms with Gasteiger partial charge >= 0.3 is 5.97 Å². The standard InChI is InChI=1S/C14H15NO2/c1-11-5-4-6-12(9-11)13(10-14(16)17)15-7-2-3-8-15/h2-9,13H,10H2,1H3,(H,16,17)/t13-/m1/s1. The minimum absolute atomic E-state index is 0.0954. The largest absolute Gasteiger partial charge is 0.481 e. The predicted octanol–water partition coefficient (Wildman–Crippen LogP) is 2.86. The van der Waals surface area contributed by atoms with Gasteiger partial charge in [0.2, 0.25) is 0 Å². The number of hydrogen-bond donors (Lipinski definition) is 1. The lowest BCUT2D eigenvalue weighted by Gasteiger charge is -2.18. The topological polar surface area (TPSA) is 42.2 Å². The van der Waals surface area contributed by atoms with E-state index in [4.69, 9.17) is 5.11 Å². The number of benzene rings is 1. The van der Waals surface area contributed by atoms with Crippen LogP contribution in [0.25, 0.3) is 0 Å². The van der Waals surface area contributed by atoms with Gasteiger partial charge in [0.25, 0.3) is 0 Å². The lowest BCUT2D eigenvalue weighted by atomic mass is 10.0. The summed E-state index contributed by atoms with van der Waals surface area (Å²) in [4.78, 5) is 10.9. The van der Waals surface area contributed by atoms with Gasteiger partial charge in [-0.15, -0.1) is 0 Å². The summed E-state index contributed by atoms with van der Waals surface area (Å²) in [6, 6.07) is 11.7. The van der Waals surface area contributed by atoms with E-state index in [-0.39, 0.29) is 12.5 Å². The van der Waals surface area contributed by atoms with Gasteiger partial charge in [-0.1, -0.05) is 29.8 Å². The quantitative estimate of drug-likeness (QED) is 0.875. The molecule has 1 heterocycles. The lowest BCUT2D eigenvalue weighted by Crippen LogP contribution is -2.13. The Morgan fingerprint density at radius 1 is 1.29 bits per heavy atom. The van der Waals surface area contributed by atoms with Crippen LogP contribution in [0.4, 0.5) is 0 Å². The number of carbonyl (C=O) groups is 1. The molecule has 0 aliphatic rings. The van der Waals surface area contributed by atoms with Crippen LogP contribution in [0, 0.1) is 6.92 Å². The van der Waals surface area contributed by atoms with Crippen molar-refractivity contribution >= 4 is 5.97 Å². The van der Waals surface area contributed by atoms with Crippen molar-refractivity contribution in [1.82, 2.24) is 4.57 Å². The number of carboxylic acids is 1. The SMILES string of the molecule is Cc1cccc([C@@H](CC(=O)O)n2cccc2)c1. The smallest absolute Gasteiger partial charge is 0.305 e. The molecule has 0 bridgehead atoms. The zero-order valence-electron chi connectivity index (χ0n) is 9.71. The van der Waals surface area contributed by atoms with Gasteiger partial charge in [0.1, 0.15) is 0 Å². The number of hydrogen-bond acceptors (Lipinski definition) is 1. The molecule has 0 aliphatic heterocycles. The molecule has 3 nitrogen and oxygen atoms in total. The summed E-state index contributed by atoms with van der Waals surface area (Å²) in [5.74, 6) is -0.787. The highest BCUT2D eigenvalue weighted by molar-refractivity contribution is 5.68. The van der Waals surface area contributed by atoms with Crippen LogP contribution in [-0.2, 0) is 4.79 Å². The maximum Gasteiger partial charge on any atom is 0.305 e. The van der Waals surface area contributed by atoms with Gasteiger partial charge in [0.05, 0.1) is 12.5 Å².